The smallest absolute Gasteiger partial charge is 0.142 e. The molecule has 0 saturated carbocycles. The molecule has 0 radical (unpaired) electrons. The molecule has 1 heterocycles. The summed E-state index contributed by atoms with van der Waals surface area (Å²) in [6, 6.07) is 5.49. The van der Waals surface area contributed by atoms with Gasteiger partial charge in [-0.3, -0.25) is 0 Å². The topological polar surface area (TPSA) is 51.8 Å². The molecule has 1 aromatic carbocycles. The van der Waals surface area contributed by atoms with Gasteiger partial charge in [-0.05, 0) is 18.2 Å². The van der Waals surface area contributed by atoms with Gasteiger partial charge in [-0.15, -0.1) is 0 Å². The van der Waals surface area contributed by atoms with Crippen molar-refractivity contribution in [2.45, 2.75) is 6.54 Å². The molecule has 0 aliphatic rings. The van der Waals surface area contributed by atoms with E-state index < -0.39 is 0 Å². The third-order valence-corrected chi connectivity index (χ3v) is 2.01. The fraction of sp³-hybridized carbons (Fsp3) is 0.111. The van der Waals surface area contributed by atoms with E-state index in [1.54, 1.807) is 12.3 Å². The average Bonchev–Trinajstić information content (AvgIpc) is 2.17. The number of hydrogen-bond acceptors (Lipinski definition) is 3. The van der Waals surface area contributed by atoms with Gasteiger partial charge in [-0.2, -0.15) is 0 Å². The largest absolute Gasteiger partial charge is 0.324 e. The molecular formula is C9H8ClN3. The van der Waals surface area contributed by atoms with Crippen LogP contribution in [0.5, 0.6) is 0 Å². The third-order valence-electron chi connectivity index (χ3n) is 1.77. The standard InChI is InChI=1S/C9H8ClN3/c10-7-1-2-8-6(3-7)5-12-9(4-11)13-8/h1-3,5H,4,11H2. The van der Waals surface area contributed by atoms with Gasteiger partial charge in [0.1, 0.15) is 5.82 Å². The Hall–Kier alpha value is -1.19. The average molecular weight is 194 g/mol. The molecule has 0 atom stereocenters. The van der Waals surface area contributed by atoms with Crippen molar-refractivity contribution < 1.29 is 0 Å². The van der Waals surface area contributed by atoms with Crippen molar-refractivity contribution in [3.63, 3.8) is 0 Å². The van der Waals surface area contributed by atoms with Gasteiger partial charge in [0.2, 0.25) is 0 Å². The number of rotatable bonds is 1. The lowest BCUT2D eigenvalue weighted by molar-refractivity contribution is 0.926. The predicted octanol–water partition coefficient (Wildman–Crippen LogP) is 1.74. The number of nitrogens with two attached hydrogens (primary N) is 1. The molecule has 0 bridgehead atoms. The molecule has 0 fully saturated rings. The van der Waals surface area contributed by atoms with Crippen LogP contribution in [0.25, 0.3) is 10.9 Å². The lowest BCUT2D eigenvalue weighted by atomic mass is 10.2. The summed E-state index contributed by atoms with van der Waals surface area (Å²) < 4.78 is 0. The zero-order valence-corrected chi connectivity index (χ0v) is 7.62. The van der Waals surface area contributed by atoms with Gasteiger partial charge in [0.15, 0.2) is 0 Å². The Balaban J connectivity index is 2.66. The first-order chi connectivity index (χ1) is 6.29. The molecular weight excluding hydrogens is 186 g/mol. The van der Waals surface area contributed by atoms with Crippen LogP contribution in [0.15, 0.2) is 24.4 Å². The Morgan fingerprint density at radius 1 is 1.38 bits per heavy atom. The molecule has 2 rings (SSSR count). The maximum atomic E-state index is 5.81. The van der Waals surface area contributed by atoms with Gasteiger partial charge in [0.25, 0.3) is 0 Å². The van der Waals surface area contributed by atoms with E-state index in [-0.39, 0.29) is 0 Å². The predicted molar refractivity (Wildman–Crippen MR) is 52.4 cm³/mol. The summed E-state index contributed by atoms with van der Waals surface area (Å²) in [6.45, 7) is 0.360. The summed E-state index contributed by atoms with van der Waals surface area (Å²) in [7, 11) is 0. The van der Waals surface area contributed by atoms with Gasteiger partial charge in [-0.25, -0.2) is 9.97 Å². The number of halogens is 1. The number of hydrogen-bond donors (Lipinski definition) is 1. The van der Waals surface area contributed by atoms with E-state index in [1.165, 1.54) is 0 Å². The minimum atomic E-state index is 0.360. The molecule has 66 valence electrons. The summed E-state index contributed by atoms with van der Waals surface area (Å²) in [4.78, 5) is 8.31. The Bertz CT molecular complexity index is 442. The molecule has 2 aromatic rings. The summed E-state index contributed by atoms with van der Waals surface area (Å²) in [5.74, 6) is 0.648. The summed E-state index contributed by atoms with van der Waals surface area (Å²) in [5, 5.41) is 1.63. The van der Waals surface area contributed by atoms with E-state index in [9.17, 15) is 0 Å². The van der Waals surface area contributed by atoms with Gasteiger partial charge in [-0.1, -0.05) is 11.6 Å². The first-order valence-electron chi connectivity index (χ1n) is 3.91. The molecule has 0 spiro atoms. The number of aromatic nitrogens is 2. The summed E-state index contributed by atoms with van der Waals surface area (Å²) in [6.07, 6.45) is 1.73. The fourth-order valence-corrected chi connectivity index (χ4v) is 1.32. The normalized spacial score (nSPS) is 10.6. The van der Waals surface area contributed by atoms with E-state index in [4.69, 9.17) is 17.3 Å². The molecule has 0 amide bonds. The zero-order valence-electron chi connectivity index (χ0n) is 6.87. The minimum Gasteiger partial charge on any atom is -0.324 e. The van der Waals surface area contributed by atoms with Crippen molar-refractivity contribution in [2.75, 3.05) is 0 Å². The van der Waals surface area contributed by atoms with Crippen LogP contribution in [0, 0.1) is 0 Å². The lowest BCUT2D eigenvalue weighted by Crippen LogP contribution is -2.02. The van der Waals surface area contributed by atoms with Crippen LogP contribution in [0.1, 0.15) is 5.82 Å². The molecule has 0 aliphatic heterocycles. The van der Waals surface area contributed by atoms with E-state index in [1.807, 2.05) is 12.1 Å². The monoisotopic (exact) mass is 193 g/mol. The van der Waals surface area contributed by atoms with Crippen molar-refractivity contribution >= 4 is 22.5 Å². The first-order valence-corrected chi connectivity index (χ1v) is 4.28. The van der Waals surface area contributed by atoms with E-state index >= 15 is 0 Å². The van der Waals surface area contributed by atoms with Crippen LogP contribution in [0.4, 0.5) is 0 Å². The third kappa shape index (κ3) is 1.61. The van der Waals surface area contributed by atoms with E-state index in [0.717, 1.165) is 10.9 Å². The van der Waals surface area contributed by atoms with Crippen molar-refractivity contribution in [1.29, 1.82) is 0 Å². The molecule has 3 nitrogen and oxygen atoms in total. The van der Waals surface area contributed by atoms with Crippen LogP contribution in [-0.2, 0) is 6.54 Å². The highest BCUT2D eigenvalue weighted by molar-refractivity contribution is 6.31. The van der Waals surface area contributed by atoms with Crippen molar-refractivity contribution in [2.24, 2.45) is 5.73 Å². The molecule has 13 heavy (non-hydrogen) atoms. The second kappa shape index (κ2) is 3.28. The number of fused-ring (bicyclic) bond motifs is 1. The summed E-state index contributed by atoms with van der Waals surface area (Å²) >= 11 is 5.81. The molecule has 0 saturated heterocycles. The number of benzene rings is 1. The van der Waals surface area contributed by atoms with Crippen LogP contribution >= 0.6 is 11.6 Å². The summed E-state index contributed by atoms with van der Waals surface area (Å²) in [5.41, 5.74) is 6.29. The molecule has 1 aromatic heterocycles. The van der Waals surface area contributed by atoms with Gasteiger partial charge in [0, 0.05) is 16.6 Å². The Morgan fingerprint density at radius 2 is 2.23 bits per heavy atom. The van der Waals surface area contributed by atoms with Crippen LogP contribution in [-0.4, -0.2) is 9.97 Å². The van der Waals surface area contributed by atoms with Crippen LogP contribution in [0.2, 0.25) is 5.02 Å². The Morgan fingerprint density at radius 3 is 3.00 bits per heavy atom. The van der Waals surface area contributed by atoms with Crippen molar-refractivity contribution in [3.05, 3.63) is 35.2 Å². The quantitative estimate of drug-likeness (QED) is 0.751. The first kappa shape index (κ1) is 8.41. The molecule has 0 unspecified atom stereocenters. The SMILES string of the molecule is NCc1ncc2cc(Cl)ccc2n1. The Labute approximate surface area is 80.6 Å². The lowest BCUT2D eigenvalue weighted by Gasteiger charge is -1.99. The minimum absolute atomic E-state index is 0.360. The number of nitrogens with zero attached hydrogens (tertiary/aromatic N) is 2. The van der Waals surface area contributed by atoms with Crippen LogP contribution < -0.4 is 5.73 Å². The van der Waals surface area contributed by atoms with Crippen LogP contribution in [0.3, 0.4) is 0 Å². The maximum absolute atomic E-state index is 5.81. The molecule has 2 N–H and O–H groups in total. The maximum Gasteiger partial charge on any atom is 0.142 e. The van der Waals surface area contributed by atoms with Gasteiger partial charge >= 0.3 is 0 Å². The van der Waals surface area contributed by atoms with Crippen molar-refractivity contribution in [1.82, 2.24) is 9.97 Å². The van der Waals surface area contributed by atoms with Crippen molar-refractivity contribution in [3.8, 4) is 0 Å². The Kier molecular flexibility index (Phi) is 2.12. The highest BCUT2D eigenvalue weighted by Gasteiger charge is 1.98. The zero-order chi connectivity index (χ0) is 9.26. The molecule has 0 aliphatic carbocycles. The highest BCUT2D eigenvalue weighted by Crippen LogP contribution is 2.16. The molecule has 4 heteroatoms. The highest BCUT2D eigenvalue weighted by atomic mass is 35.5. The fourth-order valence-electron chi connectivity index (χ4n) is 1.14. The second-order valence-electron chi connectivity index (χ2n) is 2.69. The van der Waals surface area contributed by atoms with E-state index in [2.05, 4.69) is 9.97 Å². The van der Waals surface area contributed by atoms with E-state index in [0.29, 0.717) is 17.4 Å². The second-order valence-corrected chi connectivity index (χ2v) is 3.13. The van der Waals surface area contributed by atoms with Gasteiger partial charge in [0.05, 0.1) is 12.1 Å². The van der Waals surface area contributed by atoms with Gasteiger partial charge < -0.3 is 5.73 Å².